The van der Waals surface area contributed by atoms with Gasteiger partial charge >= 0.3 is 35.9 Å². The van der Waals surface area contributed by atoms with Crippen molar-refractivity contribution in [3.63, 3.8) is 0 Å². The second-order valence-corrected chi connectivity index (χ2v) is 10.1. The van der Waals surface area contributed by atoms with Crippen molar-refractivity contribution in [2.24, 2.45) is 0 Å². The zero-order valence-electron chi connectivity index (χ0n) is 25.5. The zero-order chi connectivity index (χ0) is 34.0. The number of nitrogens with one attached hydrogen (secondary N) is 2. The van der Waals surface area contributed by atoms with Crippen LogP contribution in [0.2, 0.25) is 0 Å². The molecule has 1 aliphatic carbocycles. The quantitative estimate of drug-likeness (QED) is 0.152. The van der Waals surface area contributed by atoms with Gasteiger partial charge in [-0.1, -0.05) is 48.5 Å². The number of benzene rings is 2. The number of fused-ring (bicyclic) bond motifs is 3. The fourth-order valence-electron chi connectivity index (χ4n) is 4.97. The molecular weight excluding hydrogens is 608 g/mol. The van der Waals surface area contributed by atoms with E-state index in [1.165, 1.54) is 0 Å². The molecule has 0 saturated heterocycles. The molecular formula is C31H34N2O13. The van der Waals surface area contributed by atoms with E-state index in [9.17, 15) is 38.7 Å². The molecule has 0 saturated carbocycles. The van der Waals surface area contributed by atoms with E-state index in [4.69, 9.17) is 23.7 Å². The lowest BCUT2D eigenvalue weighted by Crippen LogP contribution is -2.58. The molecule has 0 spiro atoms. The predicted molar refractivity (Wildman–Crippen MR) is 156 cm³/mol. The highest BCUT2D eigenvalue weighted by Crippen LogP contribution is 2.44. The first-order valence-corrected chi connectivity index (χ1v) is 14.1. The number of carboxylic acids is 1. The van der Waals surface area contributed by atoms with Gasteiger partial charge in [-0.05, 0) is 22.3 Å². The Kier molecular flexibility index (Phi) is 12.2. The number of rotatable bonds is 14. The van der Waals surface area contributed by atoms with Crippen LogP contribution in [-0.4, -0.2) is 91.1 Å². The number of hydrogen-bond acceptors (Lipinski definition) is 12. The SMILES string of the molecule is CC(=O)O[C@H]([C@H](OC(C)=O)[C@@H](OC(C)=O)C(=O)NCCNC(=O)OCC1c2ccccc2-c2ccccc21)[C@H](OC(C)=O)C(=O)O. The molecule has 2 aromatic carbocycles. The number of carbonyl (C=O) groups excluding carboxylic acids is 6. The molecule has 2 amide bonds. The molecule has 4 atom stereocenters. The summed E-state index contributed by atoms with van der Waals surface area (Å²) in [6.07, 6.45) is -9.28. The lowest BCUT2D eigenvalue weighted by atomic mass is 9.98. The maximum absolute atomic E-state index is 13.2. The Bertz CT molecular complexity index is 1440. The topological polar surface area (TPSA) is 210 Å². The average Bonchev–Trinajstić information content (AvgIpc) is 3.30. The molecule has 0 fully saturated rings. The molecule has 15 nitrogen and oxygen atoms in total. The zero-order valence-corrected chi connectivity index (χ0v) is 25.5. The summed E-state index contributed by atoms with van der Waals surface area (Å²) in [6.45, 7) is 3.23. The Labute approximate surface area is 263 Å². The van der Waals surface area contributed by atoms with Crippen LogP contribution < -0.4 is 10.6 Å². The monoisotopic (exact) mass is 642 g/mol. The fraction of sp³-hybridized carbons (Fsp3) is 0.387. The summed E-state index contributed by atoms with van der Waals surface area (Å²) in [5.74, 6) is -7.40. The summed E-state index contributed by atoms with van der Waals surface area (Å²) >= 11 is 0. The fourth-order valence-corrected chi connectivity index (χ4v) is 4.97. The van der Waals surface area contributed by atoms with Gasteiger partial charge in [-0.25, -0.2) is 9.59 Å². The molecule has 2 aromatic rings. The third kappa shape index (κ3) is 9.27. The van der Waals surface area contributed by atoms with Crippen molar-refractivity contribution in [2.45, 2.75) is 58.0 Å². The van der Waals surface area contributed by atoms with Gasteiger partial charge in [0.25, 0.3) is 5.91 Å². The molecule has 0 radical (unpaired) electrons. The van der Waals surface area contributed by atoms with Gasteiger partial charge in [0.2, 0.25) is 12.2 Å². The first kappa shape index (κ1) is 35.0. The average molecular weight is 643 g/mol. The van der Waals surface area contributed by atoms with E-state index in [-0.39, 0.29) is 25.6 Å². The van der Waals surface area contributed by atoms with E-state index in [1.54, 1.807) is 0 Å². The number of hydrogen-bond donors (Lipinski definition) is 3. The molecule has 246 valence electrons. The third-order valence-electron chi connectivity index (χ3n) is 6.65. The smallest absolute Gasteiger partial charge is 0.407 e. The van der Waals surface area contributed by atoms with Crippen LogP contribution in [0.5, 0.6) is 0 Å². The molecule has 0 bridgehead atoms. The summed E-state index contributed by atoms with van der Waals surface area (Å²) in [4.78, 5) is 84.9. The maximum atomic E-state index is 13.2. The number of carboxylic acid groups (broad SMARTS) is 1. The van der Waals surface area contributed by atoms with Crippen molar-refractivity contribution in [1.29, 1.82) is 0 Å². The van der Waals surface area contributed by atoms with Crippen molar-refractivity contribution in [3.05, 3.63) is 59.7 Å². The van der Waals surface area contributed by atoms with Crippen LogP contribution in [0, 0.1) is 0 Å². The van der Waals surface area contributed by atoms with Crippen LogP contribution in [0.1, 0.15) is 44.7 Å². The van der Waals surface area contributed by atoms with Gasteiger partial charge in [0.1, 0.15) is 6.61 Å². The molecule has 1 aliphatic rings. The molecule has 0 aliphatic heterocycles. The van der Waals surface area contributed by atoms with E-state index >= 15 is 0 Å². The van der Waals surface area contributed by atoms with Crippen molar-refractivity contribution < 1.29 is 62.4 Å². The summed E-state index contributed by atoms with van der Waals surface area (Å²) < 4.78 is 25.3. The third-order valence-corrected chi connectivity index (χ3v) is 6.65. The van der Waals surface area contributed by atoms with Gasteiger partial charge in [0, 0.05) is 46.7 Å². The van der Waals surface area contributed by atoms with Crippen LogP contribution in [0.25, 0.3) is 11.1 Å². The number of alkyl carbamates (subject to hydrolysis) is 1. The molecule has 46 heavy (non-hydrogen) atoms. The van der Waals surface area contributed by atoms with Gasteiger partial charge in [0.15, 0.2) is 12.2 Å². The minimum absolute atomic E-state index is 0.0510. The Morgan fingerprint density at radius 1 is 0.652 bits per heavy atom. The lowest BCUT2D eigenvalue weighted by Gasteiger charge is -2.33. The molecule has 3 N–H and O–H groups in total. The van der Waals surface area contributed by atoms with Crippen molar-refractivity contribution >= 4 is 41.8 Å². The van der Waals surface area contributed by atoms with Crippen LogP contribution in [0.4, 0.5) is 4.79 Å². The van der Waals surface area contributed by atoms with E-state index in [2.05, 4.69) is 10.6 Å². The first-order chi connectivity index (χ1) is 21.8. The van der Waals surface area contributed by atoms with Crippen molar-refractivity contribution in [1.82, 2.24) is 10.6 Å². The second kappa shape index (κ2) is 16.0. The minimum Gasteiger partial charge on any atom is -0.478 e. The summed E-state index contributed by atoms with van der Waals surface area (Å²) in [5, 5.41) is 14.5. The number of aliphatic carboxylic acids is 1. The highest BCUT2D eigenvalue weighted by molar-refractivity contribution is 5.85. The van der Waals surface area contributed by atoms with Gasteiger partial charge in [0.05, 0.1) is 0 Å². The highest BCUT2D eigenvalue weighted by Gasteiger charge is 2.49. The Morgan fingerprint density at radius 2 is 1.09 bits per heavy atom. The Hall–Kier alpha value is -5.47. The van der Waals surface area contributed by atoms with Gasteiger partial charge in [-0.3, -0.25) is 24.0 Å². The Morgan fingerprint density at radius 3 is 1.57 bits per heavy atom. The Balaban J connectivity index is 1.66. The predicted octanol–water partition coefficient (Wildman–Crippen LogP) is 1.45. The second-order valence-electron chi connectivity index (χ2n) is 10.1. The normalized spacial score (nSPS) is 14.2. The van der Waals surface area contributed by atoms with E-state index in [1.807, 2.05) is 48.5 Å². The van der Waals surface area contributed by atoms with Gasteiger partial charge in [-0.2, -0.15) is 0 Å². The molecule has 0 unspecified atom stereocenters. The van der Waals surface area contributed by atoms with E-state index < -0.39 is 66.3 Å². The number of ether oxygens (including phenoxy) is 5. The summed E-state index contributed by atoms with van der Waals surface area (Å²) in [5.41, 5.74) is 4.16. The number of carbonyl (C=O) groups is 7. The standard InChI is InChI=1S/C31H34N2O13/c1-16(34)43-25(26(44-17(2)35)28(30(39)40)46-19(4)37)27(45-18(3)36)29(38)32-13-14-33-31(41)42-15-24-22-11-7-5-9-20(22)21-10-6-8-12-23(21)24/h5-12,24-28H,13-15H2,1-4H3,(H,32,38)(H,33,41)(H,39,40)/t25-,26+,27+,28-/m0/s1. The number of esters is 4. The van der Waals surface area contributed by atoms with E-state index in [0.717, 1.165) is 49.9 Å². The van der Waals surface area contributed by atoms with Crippen LogP contribution in [-0.2, 0) is 52.5 Å². The van der Waals surface area contributed by atoms with Crippen LogP contribution in [0.15, 0.2) is 48.5 Å². The highest BCUT2D eigenvalue weighted by atomic mass is 16.6. The molecule has 0 aromatic heterocycles. The maximum Gasteiger partial charge on any atom is 0.407 e. The minimum atomic E-state index is -2.26. The lowest BCUT2D eigenvalue weighted by molar-refractivity contribution is -0.203. The first-order valence-electron chi connectivity index (χ1n) is 14.1. The van der Waals surface area contributed by atoms with E-state index in [0.29, 0.717) is 0 Å². The largest absolute Gasteiger partial charge is 0.478 e. The van der Waals surface area contributed by atoms with Crippen LogP contribution >= 0.6 is 0 Å². The summed E-state index contributed by atoms with van der Waals surface area (Å²) in [6, 6.07) is 15.6. The van der Waals surface area contributed by atoms with Gasteiger partial charge < -0.3 is 39.4 Å². The summed E-state index contributed by atoms with van der Waals surface area (Å²) in [7, 11) is 0. The van der Waals surface area contributed by atoms with Crippen molar-refractivity contribution in [3.8, 4) is 11.1 Å². The van der Waals surface area contributed by atoms with Crippen LogP contribution in [0.3, 0.4) is 0 Å². The van der Waals surface area contributed by atoms with Crippen molar-refractivity contribution in [2.75, 3.05) is 19.7 Å². The number of amides is 2. The van der Waals surface area contributed by atoms with Gasteiger partial charge in [-0.15, -0.1) is 0 Å². The molecule has 0 heterocycles. The molecule has 15 heteroatoms. The molecule has 3 rings (SSSR count).